The number of imide groups is 2. The molecule has 2 aliphatic heterocycles. The summed E-state index contributed by atoms with van der Waals surface area (Å²) < 4.78 is 35.7. The Morgan fingerprint density at radius 3 is 1.52 bits per heavy atom. The first-order valence-corrected chi connectivity index (χ1v) is 21.1. The Morgan fingerprint density at radius 2 is 1.11 bits per heavy atom. The number of amides is 6. The third-order valence-electron chi connectivity index (χ3n) is 10.3. The van der Waals surface area contributed by atoms with E-state index in [4.69, 9.17) is 0 Å². The molecular weight excluding hydrogens is 826 g/mol. The summed E-state index contributed by atoms with van der Waals surface area (Å²) >= 11 is 0. The molecule has 5 aromatic rings. The fourth-order valence-corrected chi connectivity index (χ4v) is 7.84. The van der Waals surface area contributed by atoms with Crippen LogP contribution in [0.3, 0.4) is 0 Å². The number of nitrogens with one attached hydrogen (secondary N) is 2. The fraction of sp³-hybridized carbons (Fsp3) is 0.273. The van der Waals surface area contributed by atoms with E-state index >= 15 is 0 Å². The number of anilines is 3. The Balaban J connectivity index is 0.000000205. The van der Waals surface area contributed by atoms with Crippen molar-refractivity contribution in [2.75, 3.05) is 27.8 Å². The molecule has 2 aliphatic rings. The Hall–Kier alpha value is -5.85. The zero-order chi connectivity index (χ0) is 44.5. The smallest absolute Gasteiger partial charge is 0.747 e. The van der Waals surface area contributed by atoms with E-state index in [1.165, 1.54) is 26.6 Å². The summed E-state index contributed by atoms with van der Waals surface area (Å²) in [6.07, 6.45) is 2.73. The SMILES string of the molecule is CCC1(c2ccccc2)C(=O)NC(=O)NC1=O.CCCCC1C(=O)N(c2ccccc2)N(c2ccccc2)C1=O.Cc1c(N(C)CS(=O)(=O)[O-])c(=O)n(-c2ccccc2)n1C.[Na+]. The number of hydrogen-bond acceptors (Lipinski definition) is 10. The van der Waals surface area contributed by atoms with E-state index in [9.17, 15) is 41.7 Å². The Morgan fingerprint density at radius 1 is 0.694 bits per heavy atom. The molecule has 0 spiro atoms. The number of aromatic nitrogens is 2. The summed E-state index contributed by atoms with van der Waals surface area (Å²) in [5, 5.41) is 7.30. The zero-order valence-electron chi connectivity index (χ0n) is 35.5. The number of barbiturate groups is 1. The van der Waals surface area contributed by atoms with Crippen LogP contribution in [-0.4, -0.2) is 64.9 Å². The van der Waals surface area contributed by atoms with Crippen LogP contribution >= 0.6 is 0 Å². The molecule has 3 heterocycles. The van der Waals surface area contributed by atoms with Crippen LogP contribution in [0.25, 0.3) is 5.69 Å². The quantitative estimate of drug-likeness (QED) is 0.112. The molecule has 0 aliphatic carbocycles. The predicted molar refractivity (Wildman–Crippen MR) is 230 cm³/mol. The van der Waals surface area contributed by atoms with Gasteiger partial charge in [-0.25, -0.2) is 27.9 Å². The molecule has 0 bridgehead atoms. The molecule has 62 heavy (non-hydrogen) atoms. The summed E-state index contributed by atoms with van der Waals surface area (Å²) in [6.45, 7) is 5.50. The minimum atomic E-state index is -4.45. The summed E-state index contributed by atoms with van der Waals surface area (Å²) in [7, 11) is -1.34. The number of nitrogens with zero attached hydrogens (tertiary/aromatic N) is 5. The van der Waals surface area contributed by atoms with Gasteiger partial charge in [0, 0.05) is 14.1 Å². The van der Waals surface area contributed by atoms with E-state index in [0.29, 0.717) is 41.2 Å². The van der Waals surface area contributed by atoms with Gasteiger partial charge in [-0.05, 0) is 61.7 Å². The van der Waals surface area contributed by atoms with E-state index in [-0.39, 0.29) is 52.6 Å². The number of carbonyl (C=O) groups is 5. The van der Waals surface area contributed by atoms with Crippen LogP contribution in [0, 0.1) is 12.8 Å². The van der Waals surface area contributed by atoms with Crippen LogP contribution in [0.2, 0.25) is 0 Å². The average molecular weight is 874 g/mol. The molecule has 6 amide bonds. The average Bonchev–Trinajstić information content (AvgIpc) is 3.63. The number of unbranched alkanes of at least 4 members (excludes halogenated alkanes) is 1. The van der Waals surface area contributed by atoms with Gasteiger partial charge in [-0.2, -0.15) is 0 Å². The van der Waals surface area contributed by atoms with E-state index in [0.717, 1.165) is 12.8 Å². The minimum Gasteiger partial charge on any atom is -0.747 e. The second-order valence-corrected chi connectivity index (χ2v) is 15.7. The van der Waals surface area contributed by atoms with E-state index in [1.54, 1.807) is 80.2 Å². The summed E-state index contributed by atoms with van der Waals surface area (Å²) in [5.41, 5.74) is 1.78. The van der Waals surface area contributed by atoms with E-state index in [2.05, 4.69) is 17.6 Å². The normalized spacial score (nSPS) is 14.8. The number of benzene rings is 4. The van der Waals surface area contributed by atoms with Gasteiger partial charge in [0.2, 0.25) is 11.8 Å². The number of rotatable bonds is 11. The minimum absolute atomic E-state index is 0. The first kappa shape index (κ1) is 48.8. The molecule has 2 fully saturated rings. The summed E-state index contributed by atoms with van der Waals surface area (Å²) in [6, 6.07) is 35.6. The van der Waals surface area contributed by atoms with Crippen molar-refractivity contribution in [1.82, 2.24) is 20.0 Å². The van der Waals surface area contributed by atoms with Crippen LogP contribution < -0.4 is 60.7 Å². The van der Waals surface area contributed by atoms with Gasteiger partial charge < -0.3 is 9.45 Å². The van der Waals surface area contributed by atoms with Crippen molar-refractivity contribution in [1.29, 1.82) is 0 Å². The molecule has 4 aromatic carbocycles. The summed E-state index contributed by atoms with van der Waals surface area (Å²) in [5.74, 6) is -2.76. The summed E-state index contributed by atoms with van der Waals surface area (Å²) in [4.78, 5) is 74.5. The first-order chi connectivity index (χ1) is 29.1. The fourth-order valence-electron chi connectivity index (χ4n) is 7.24. The van der Waals surface area contributed by atoms with E-state index < -0.39 is 45.2 Å². The maximum absolute atomic E-state index is 12.9. The third kappa shape index (κ3) is 10.6. The third-order valence-corrected chi connectivity index (χ3v) is 11.0. The molecule has 0 radical (unpaired) electrons. The molecular formula is C44H48N7NaO9S. The number of urea groups is 1. The maximum atomic E-state index is 12.9. The Labute approximate surface area is 382 Å². The molecule has 0 atom stereocenters. The van der Waals surface area contributed by atoms with Crippen molar-refractivity contribution in [3.63, 3.8) is 0 Å². The topological polar surface area (TPSA) is 203 Å². The maximum Gasteiger partial charge on any atom is 1.00 e. The van der Waals surface area contributed by atoms with Crippen molar-refractivity contribution < 1.29 is 66.5 Å². The van der Waals surface area contributed by atoms with Crippen molar-refractivity contribution in [2.24, 2.45) is 13.0 Å². The van der Waals surface area contributed by atoms with Crippen LogP contribution in [0.5, 0.6) is 0 Å². The van der Waals surface area contributed by atoms with Gasteiger partial charge in [-0.15, -0.1) is 0 Å². The molecule has 7 rings (SSSR count). The van der Waals surface area contributed by atoms with Gasteiger partial charge in [0.05, 0.1) is 22.8 Å². The van der Waals surface area contributed by atoms with Crippen molar-refractivity contribution >= 4 is 56.8 Å². The van der Waals surface area contributed by atoms with E-state index in [1.807, 2.05) is 66.7 Å². The van der Waals surface area contributed by atoms with Crippen molar-refractivity contribution in [3.8, 4) is 5.69 Å². The zero-order valence-corrected chi connectivity index (χ0v) is 38.3. The van der Waals surface area contributed by atoms with Gasteiger partial charge in [0.25, 0.3) is 17.4 Å². The van der Waals surface area contributed by atoms with Crippen LogP contribution in [-0.2, 0) is 41.8 Å². The second-order valence-electron chi connectivity index (χ2n) is 14.3. The molecule has 0 unspecified atom stereocenters. The van der Waals surface area contributed by atoms with Crippen LogP contribution in [0.15, 0.2) is 126 Å². The molecule has 1 aromatic heterocycles. The molecule has 2 saturated heterocycles. The largest absolute Gasteiger partial charge is 1.00 e. The second kappa shape index (κ2) is 21.3. The van der Waals surface area contributed by atoms with Gasteiger partial charge in [-0.3, -0.25) is 39.3 Å². The number of hydrazine groups is 1. The van der Waals surface area contributed by atoms with Crippen LogP contribution in [0.4, 0.5) is 21.9 Å². The molecule has 16 nitrogen and oxygen atoms in total. The van der Waals surface area contributed by atoms with Gasteiger partial charge in [0.15, 0.2) is 5.41 Å². The molecule has 2 N–H and O–H groups in total. The van der Waals surface area contributed by atoms with Gasteiger partial charge >= 0.3 is 35.6 Å². The van der Waals surface area contributed by atoms with Crippen LogP contribution in [0.1, 0.15) is 50.8 Å². The Bertz CT molecular complexity index is 2460. The molecule has 0 saturated carbocycles. The van der Waals surface area contributed by atoms with Crippen molar-refractivity contribution in [3.05, 3.63) is 143 Å². The standard InChI is InChI=1S/C19H20N2O2.C13H17N3O4S.C12H12N2O3.Na/c1-2-3-14-17-18(22)20(15-10-6-4-7-11-15)21(19(17)23)16-12-8-5-9-13-16;1-10-12(14(2)9-21(18,19)20)13(17)16(15(10)3)11-7-5-4-6-8-11;1-2-12(8-6-4-3-5-7-8)9(15)13-11(17)14-10(12)16;/h4-13,17H,2-3,14H2,1H3;4-8H,9H2,1-3H3,(H,18,19,20);3-7H,2H2,1H3,(H2,13,14,15,16,17);/q;;;+1/p-1. The van der Waals surface area contributed by atoms with Crippen molar-refractivity contribution in [2.45, 2.75) is 51.9 Å². The number of para-hydroxylation sites is 3. The predicted octanol–water partition coefficient (Wildman–Crippen LogP) is 1.92. The molecule has 320 valence electrons. The molecule has 18 heteroatoms. The number of carbonyl (C=O) groups excluding carboxylic acids is 5. The first-order valence-electron chi connectivity index (χ1n) is 19.6. The van der Waals surface area contributed by atoms with Gasteiger partial charge in [-0.1, -0.05) is 112 Å². The Kier molecular flexibility index (Phi) is 16.8. The van der Waals surface area contributed by atoms with Gasteiger partial charge in [0.1, 0.15) is 27.6 Å². The number of hydrogen-bond donors (Lipinski definition) is 2. The monoisotopic (exact) mass is 873 g/mol.